The molecule has 1 atom stereocenters. The molecular weight excluding hydrogens is 423 g/mol. The number of rotatable bonds is 8. The highest BCUT2D eigenvalue weighted by Crippen LogP contribution is 2.23. The molecule has 1 aromatic carbocycles. The van der Waals surface area contributed by atoms with Crippen LogP contribution in [0.25, 0.3) is 0 Å². The van der Waals surface area contributed by atoms with Crippen LogP contribution >= 0.6 is 15.9 Å². The fourth-order valence-corrected chi connectivity index (χ4v) is 2.32. The second-order valence-corrected chi connectivity index (χ2v) is 6.48. The zero-order valence-corrected chi connectivity index (χ0v) is 15.2. The third-order valence-electron chi connectivity index (χ3n) is 2.64. The minimum atomic E-state index is -1.14. The van der Waals surface area contributed by atoms with E-state index in [9.17, 15) is 13.8 Å². The van der Waals surface area contributed by atoms with Crippen molar-refractivity contribution in [2.75, 3.05) is 24.9 Å². The summed E-state index contributed by atoms with van der Waals surface area (Å²) in [6.45, 7) is 0.509. The molecule has 1 unspecified atom stereocenters. The highest BCUT2D eigenvalue weighted by molar-refractivity contribution is 9.10. The molecule has 1 aromatic heterocycles. The van der Waals surface area contributed by atoms with E-state index in [1.165, 1.54) is 24.5 Å². The van der Waals surface area contributed by atoms with Crippen LogP contribution in [0, 0.1) is 5.82 Å². The largest absolute Gasteiger partial charge is 0.290 e. The summed E-state index contributed by atoms with van der Waals surface area (Å²) in [7, 11) is -1.14. The van der Waals surface area contributed by atoms with Crippen LogP contribution in [0.5, 0.6) is 0 Å². The number of halogens is 2. The summed E-state index contributed by atoms with van der Waals surface area (Å²) in [5.74, 6) is -0.490. The van der Waals surface area contributed by atoms with Gasteiger partial charge in [-0.1, -0.05) is 0 Å². The lowest BCUT2D eigenvalue weighted by Crippen LogP contribution is -2.24. The van der Waals surface area contributed by atoms with E-state index in [2.05, 4.69) is 46.1 Å². The molecule has 0 spiro atoms. The van der Waals surface area contributed by atoms with E-state index >= 15 is 0 Å². The average molecular weight is 437 g/mol. The van der Waals surface area contributed by atoms with Gasteiger partial charge in [-0.3, -0.25) is 15.5 Å². The van der Waals surface area contributed by atoms with Gasteiger partial charge in [-0.25, -0.2) is 28.4 Å². The quantitative estimate of drug-likeness (QED) is 0.210. The van der Waals surface area contributed by atoms with Gasteiger partial charge >= 0.3 is 0 Å². The van der Waals surface area contributed by atoms with Crippen LogP contribution < -0.4 is 15.7 Å². The predicted octanol–water partition coefficient (Wildman–Crippen LogP) is 1.25. The number of hydrogen-bond acceptors (Lipinski definition) is 8. The molecular formula is C12H14BrFN6O4S. The Morgan fingerprint density at radius 2 is 2.32 bits per heavy atom. The first kappa shape index (κ1) is 19.4. The van der Waals surface area contributed by atoms with Gasteiger partial charge in [0.2, 0.25) is 5.82 Å². The summed E-state index contributed by atoms with van der Waals surface area (Å²) in [6.07, 6.45) is 1.50. The summed E-state index contributed by atoms with van der Waals surface area (Å²) >= 11 is 3.05. The molecule has 2 rings (SSSR count). The molecule has 0 saturated heterocycles. The molecule has 13 heteroatoms. The van der Waals surface area contributed by atoms with Gasteiger partial charge in [0.05, 0.1) is 27.8 Å². The molecule has 10 nitrogen and oxygen atoms in total. The summed E-state index contributed by atoms with van der Waals surface area (Å²) in [4.78, 5) is 9.22. The number of aromatic nitrogens is 2. The number of hydrogen-bond donors (Lipinski definition) is 4. The summed E-state index contributed by atoms with van der Waals surface area (Å²) in [6, 6.07) is 4.04. The number of nitrogens with zero attached hydrogens (tertiary/aromatic N) is 3. The lowest BCUT2D eigenvalue weighted by Gasteiger charge is -2.06. The van der Waals surface area contributed by atoms with E-state index in [-0.39, 0.29) is 28.4 Å². The molecule has 0 aliphatic rings. The summed E-state index contributed by atoms with van der Waals surface area (Å²) < 4.78 is 31.6. The van der Waals surface area contributed by atoms with Crippen LogP contribution in [0.1, 0.15) is 5.69 Å². The molecule has 0 aliphatic carbocycles. The monoisotopic (exact) mass is 436 g/mol. The summed E-state index contributed by atoms with van der Waals surface area (Å²) in [5.41, 5.74) is 4.73. The topological polar surface area (TPSA) is 134 Å². The second kappa shape index (κ2) is 9.53. The number of hydroxylamine groups is 1. The van der Waals surface area contributed by atoms with Gasteiger partial charge in [0, 0.05) is 12.8 Å². The SMILES string of the molecule is CS(=O)NCCONc1nonc1C(=Nc1ccc(F)c(Br)c1)NO. The maximum absolute atomic E-state index is 13.3. The number of aliphatic imine (C=N–C) groups is 1. The van der Waals surface area contributed by atoms with Gasteiger partial charge < -0.3 is 0 Å². The Morgan fingerprint density at radius 1 is 1.52 bits per heavy atom. The van der Waals surface area contributed by atoms with Crippen molar-refractivity contribution in [1.82, 2.24) is 20.5 Å². The molecule has 0 aliphatic heterocycles. The van der Waals surface area contributed by atoms with Gasteiger partial charge in [0.25, 0.3) is 0 Å². The minimum absolute atomic E-state index is 0.0370. The van der Waals surface area contributed by atoms with E-state index < -0.39 is 16.8 Å². The number of nitrogens with one attached hydrogen (secondary N) is 3. The normalized spacial score (nSPS) is 12.9. The highest BCUT2D eigenvalue weighted by atomic mass is 79.9. The Kier molecular flexibility index (Phi) is 7.39. The fraction of sp³-hybridized carbons (Fsp3) is 0.250. The van der Waals surface area contributed by atoms with Crippen LogP contribution in [0.3, 0.4) is 0 Å². The molecule has 0 amide bonds. The summed E-state index contributed by atoms with van der Waals surface area (Å²) in [5, 5.41) is 16.5. The van der Waals surface area contributed by atoms with E-state index in [1.807, 2.05) is 5.48 Å². The number of benzene rings is 1. The second-order valence-electron chi connectivity index (χ2n) is 4.43. The first-order valence-electron chi connectivity index (χ1n) is 6.72. The Labute approximate surface area is 152 Å². The Balaban J connectivity index is 2.08. The fourth-order valence-electron chi connectivity index (χ4n) is 1.58. The molecule has 0 fully saturated rings. The van der Waals surface area contributed by atoms with Crippen LogP contribution in [0.4, 0.5) is 15.9 Å². The van der Waals surface area contributed by atoms with Crippen molar-refractivity contribution in [3.63, 3.8) is 0 Å². The van der Waals surface area contributed by atoms with Crippen molar-refractivity contribution in [3.05, 3.63) is 34.2 Å². The molecule has 0 bridgehead atoms. The van der Waals surface area contributed by atoms with Crippen molar-refractivity contribution < 1.29 is 23.3 Å². The Hall–Kier alpha value is -1.93. The van der Waals surface area contributed by atoms with Gasteiger partial charge in [0.1, 0.15) is 5.82 Å². The third kappa shape index (κ3) is 5.82. The maximum Gasteiger partial charge on any atom is 0.225 e. The van der Waals surface area contributed by atoms with Gasteiger partial charge in [0.15, 0.2) is 11.5 Å². The van der Waals surface area contributed by atoms with E-state index in [1.54, 1.807) is 0 Å². The Morgan fingerprint density at radius 3 is 3.00 bits per heavy atom. The van der Waals surface area contributed by atoms with Crippen molar-refractivity contribution in [2.24, 2.45) is 4.99 Å². The molecule has 136 valence electrons. The van der Waals surface area contributed by atoms with E-state index in [0.717, 1.165) is 0 Å². The van der Waals surface area contributed by atoms with Crippen LogP contribution in [0.2, 0.25) is 0 Å². The van der Waals surface area contributed by atoms with Crippen LogP contribution in [0.15, 0.2) is 32.3 Å². The number of anilines is 1. The van der Waals surface area contributed by atoms with E-state index in [0.29, 0.717) is 12.2 Å². The zero-order chi connectivity index (χ0) is 18.2. The van der Waals surface area contributed by atoms with Crippen molar-refractivity contribution >= 4 is 44.3 Å². The standard InChI is InChI=1S/C12H14BrFN6O4S/c1-25(22)15-4-5-23-19-12-10(18-24-20-12)11(17-21)16-7-2-3-9(14)8(13)6-7/h2-3,6,15,21H,4-5H2,1H3,(H,16,17)(H,19,20). The molecule has 0 saturated carbocycles. The zero-order valence-electron chi connectivity index (χ0n) is 12.8. The van der Waals surface area contributed by atoms with Crippen LogP contribution in [-0.2, 0) is 15.8 Å². The molecule has 1 heterocycles. The lowest BCUT2D eigenvalue weighted by atomic mass is 10.3. The van der Waals surface area contributed by atoms with Gasteiger partial charge in [-0.2, -0.15) is 0 Å². The number of amidine groups is 1. The highest BCUT2D eigenvalue weighted by Gasteiger charge is 2.17. The lowest BCUT2D eigenvalue weighted by molar-refractivity contribution is 0.195. The van der Waals surface area contributed by atoms with Crippen LogP contribution in [-0.4, -0.2) is 45.0 Å². The van der Waals surface area contributed by atoms with Gasteiger partial charge in [-0.05, 0) is 44.4 Å². The molecule has 2 aromatic rings. The first-order chi connectivity index (χ1) is 12.0. The molecule has 0 radical (unpaired) electrons. The molecule has 25 heavy (non-hydrogen) atoms. The first-order valence-corrected chi connectivity index (χ1v) is 9.08. The smallest absolute Gasteiger partial charge is 0.225 e. The Bertz CT molecular complexity index is 774. The average Bonchev–Trinajstić information content (AvgIpc) is 3.03. The van der Waals surface area contributed by atoms with E-state index in [4.69, 9.17) is 4.84 Å². The molecule has 4 N–H and O–H groups in total. The van der Waals surface area contributed by atoms with Gasteiger partial charge in [-0.15, -0.1) is 0 Å². The minimum Gasteiger partial charge on any atom is -0.290 e. The van der Waals surface area contributed by atoms with Crippen molar-refractivity contribution in [1.29, 1.82) is 0 Å². The van der Waals surface area contributed by atoms with Crippen molar-refractivity contribution in [2.45, 2.75) is 0 Å². The third-order valence-corrected chi connectivity index (χ3v) is 3.86. The van der Waals surface area contributed by atoms with Crippen molar-refractivity contribution in [3.8, 4) is 0 Å². The predicted molar refractivity (Wildman–Crippen MR) is 91.2 cm³/mol. The maximum atomic E-state index is 13.3.